The van der Waals surface area contributed by atoms with Crippen molar-refractivity contribution < 1.29 is 13.3 Å². The molecule has 1 saturated heterocycles. The minimum atomic E-state index is -2.90. The molecule has 0 saturated carbocycles. The van der Waals surface area contributed by atoms with Crippen LogP contribution in [0, 0.1) is 0 Å². The van der Waals surface area contributed by atoms with E-state index >= 15 is 0 Å². The Balaban J connectivity index is 2.89. The molecule has 0 bridgehead atoms. The van der Waals surface area contributed by atoms with Gasteiger partial charge in [-0.15, -0.1) is 0 Å². The fourth-order valence-corrected chi connectivity index (χ4v) is 9.62. The highest BCUT2D eigenvalue weighted by atomic mass is 28.4. The van der Waals surface area contributed by atoms with Crippen LogP contribution in [0.15, 0.2) is 36.5 Å². The zero-order chi connectivity index (χ0) is 34.3. The molecule has 0 aromatic rings. The Morgan fingerprint density at radius 1 is 0.489 bits per heavy atom. The van der Waals surface area contributed by atoms with Crippen molar-refractivity contribution >= 4 is 8.80 Å². The minimum Gasteiger partial charge on any atom is -0.522 e. The highest BCUT2D eigenvalue weighted by Crippen LogP contribution is 2.28. The van der Waals surface area contributed by atoms with Crippen LogP contribution in [-0.2, 0) is 13.3 Å². The topological polar surface area (TPSA) is 30.9 Å². The van der Waals surface area contributed by atoms with Crippen molar-refractivity contribution in [2.45, 2.75) is 214 Å². The molecule has 1 aliphatic rings. The lowest BCUT2D eigenvalue weighted by atomic mass is 10.1. The molecule has 0 aromatic carbocycles. The average molecular weight is 676 g/mol. The second kappa shape index (κ2) is 31.3. The van der Waals surface area contributed by atoms with E-state index in [1.165, 1.54) is 122 Å². The van der Waals surface area contributed by atoms with Gasteiger partial charge in [0.25, 0.3) is 8.80 Å². The maximum atomic E-state index is 7.06. The maximum absolute atomic E-state index is 7.06. The van der Waals surface area contributed by atoms with E-state index in [4.69, 9.17) is 13.3 Å². The lowest BCUT2D eigenvalue weighted by molar-refractivity contribution is -0.0134. The van der Waals surface area contributed by atoms with E-state index in [2.05, 4.69) is 82.9 Å². The molecule has 1 rings (SSSR count). The number of nitrogens with zero attached hydrogens (tertiary/aromatic N) is 1. The lowest BCUT2D eigenvalue weighted by Crippen LogP contribution is -2.51. The van der Waals surface area contributed by atoms with Crippen molar-refractivity contribution in [3.63, 3.8) is 0 Å². The van der Waals surface area contributed by atoms with Gasteiger partial charge >= 0.3 is 0 Å². The van der Waals surface area contributed by atoms with E-state index in [-0.39, 0.29) is 18.3 Å². The third kappa shape index (κ3) is 25.8. The second-order valence-electron chi connectivity index (χ2n) is 14.5. The molecule has 0 aliphatic carbocycles. The van der Waals surface area contributed by atoms with E-state index in [1.807, 2.05) is 0 Å². The van der Waals surface area contributed by atoms with Crippen molar-refractivity contribution in [2.24, 2.45) is 0 Å². The fourth-order valence-electron chi connectivity index (χ4n) is 6.23. The van der Waals surface area contributed by atoms with Crippen LogP contribution >= 0.6 is 0 Å². The van der Waals surface area contributed by atoms with Gasteiger partial charge in [0.1, 0.15) is 0 Å². The zero-order valence-corrected chi connectivity index (χ0v) is 33.5. The predicted octanol–water partition coefficient (Wildman–Crippen LogP) is 13.2. The number of allylic oxidation sites excluding steroid dienone is 6. The first kappa shape index (κ1) is 44.3. The number of hydrogen-bond donors (Lipinski definition) is 0. The Morgan fingerprint density at radius 2 is 0.872 bits per heavy atom. The fraction of sp³-hybridized carbons (Fsp3) is 0.857. The monoisotopic (exact) mass is 676 g/mol. The number of hydrogen-bond acceptors (Lipinski definition) is 4. The summed E-state index contributed by atoms with van der Waals surface area (Å²) in [5, 5.41) is 0. The summed E-state index contributed by atoms with van der Waals surface area (Å²) in [6, 6.07) is 0.933. The molecule has 0 N–H and O–H groups in total. The van der Waals surface area contributed by atoms with E-state index in [0.717, 1.165) is 51.0 Å². The molecule has 1 aliphatic heterocycles. The molecule has 0 amide bonds. The van der Waals surface area contributed by atoms with Crippen molar-refractivity contribution in [3.8, 4) is 0 Å². The van der Waals surface area contributed by atoms with Gasteiger partial charge in [0.05, 0.1) is 0 Å². The van der Waals surface area contributed by atoms with Crippen LogP contribution in [0.5, 0.6) is 0 Å². The first-order chi connectivity index (χ1) is 22.9. The first-order valence-corrected chi connectivity index (χ1v) is 22.6. The Labute approximate surface area is 295 Å². The molecule has 0 aromatic heterocycles. The van der Waals surface area contributed by atoms with Gasteiger partial charge in [-0.1, -0.05) is 121 Å². The Bertz CT molecular complexity index is 686. The van der Waals surface area contributed by atoms with E-state index < -0.39 is 8.80 Å². The summed E-state index contributed by atoms with van der Waals surface area (Å²) in [7, 11) is -2.90. The van der Waals surface area contributed by atoms with Gasteiger partial charge in [-0.2, -0.15) is 0 Å². The standard InChI is InChI=1S/C42H81NO3Si/c1-7-10-13-16-19-22-27-33-40(4)44-47(39-31-26-25-30-36-43-37-32-38-43,45-41(5)34-28-23-20-17-14-11-8-2)46-42(6)35-29-24-21-18-15-12-9-3/h19-24,40-42H,7-18,25-39H2,1-6H3/q-1/b22-19-,23-20-,24-21-/t40-,41-,42-/m0/s1. The van der Waals surface area contributed by atoms with Crippen molar-refractivity contribution in [3.05, 3.63) is 36.5 Å². The Morgan fingerprint density at radius 3 is 1.23 bits per heavy atom. The van der Waals surface area contributed by atoms with Crippen molar-refractivity contribution in [1.82, 2.24) is 4.90 Å². The van der Waals surface area contributed by atoms with E-state index in [1.54, 1.807) is 0 Å². The van der Waals surface area contributed by atoms with Gasteiger partial charge < -0.3 is 18.2 Å². The average Bonchev–Trinajstić information content (AvgIpc) is 3.02. The van der Waals surface area contributed by atoms with Gasteiger partial charge in [-0.25, -0.2) is 0 Å². The zero-order valence-electron chi connectivity index (χ0n) is 32.5. The normalized spacial score (nSPS) is 16.5. The smallest absolute Gasteiger partial charge is 0.281 e. The van der Waals surface area contributed by atoms with E-state index in [9.17, 15) is 0 Å². The van der Waals surface area contributed by atoms with Gasteiger partial charge in [-0.05, 0) is 130 Å². The van der Waals surface area contributed by atoms with Gasteiger partial charge in [0.2, 0.25) is 0 Å². The second-order valence-corrected chi connectivity index (χ2v) is 17.0. The summed E-state index contributed by atoms with van der Waals surface area (Å²) in [6.45, 7) is 17.4. The molecule has 1 heterocycles. The van der Waals surface area contributed by atoms with Crippen molar-refractivity contribution in [2.75, 3.05) is 19.6 Å². The molecule has 0 unspecified atom stereocenters. The molecule has 0 radical (unpaired) electrons. The van der Waals surface area contributed by atoms with Gasteiger partial charge in [0, 0.05) is 18.3 Å². The van der Waals surface area contributed by atoms with Crippen LogP contribution in [0.3, 0.4) is 0 Å². The third-order valence-corrected chi connectivity index (χ3v) is 12.7. The number of unbranched alkanes of at least 4 members (excludes halogenated alkanes) is 12. The summed E-state index contributed by atoms with van der Waals surface area (Å²) < 4.78 is 21.2. The molecule has 277 valence electrons. The van der Waals surface area contributed by atoms with Crippen LogP contribution in [0.2, 0.25) is 6.04 Å². The summed E-state index contributed by atoms with van der Waals surface area (Å²) in [4.78, 5) is 2.59. The number of likely N-dealkylation sites (tertiary alicyclic amines) is 1. The molecule has 3 atom stereocenters. The number of rotatable bonds is 34. The Hall–Kier alpha value is -0.723. The van der Waals surface area contributed by atoms with Crippen molar-refractivity contribution in [1.29, 1.82) is 0 Å². The molecule has 5 heteroatoms. The predicted molar refractivity (Wildman–Crippen MR) is 209 cm³/mol. The summed E-state index contributed by atoms with van der Waals surface area (Å²) in [5.41, 5.74) is 0. The van der Waals surface area contributed by atoms with Gasteiger partial charge in [0.15, 0.2) is 0 Å². The molecule has 0 spiro atoms. The summed E-state index contributed by atoms with van der Waals surface area (Å²) in [6.07, 6.45) is 42.5. The summed E-state index contributed by atoms with van der Waals surface area (Å²) >= 11 is 0. The minimum absolute atomic E-state index is 0.129. The summed E-state index contributed by atoms with van der Waals surface area (Å²) in [5.74, 6) is 0. The SMILES string of the molecule is CCCCC/C=C\CC[C@H](C)O[Si-](CCCCCCN1CCC1)(O[C@@H](C)CC/C=C\CCCCC)O[C@@H](C)CC/C=C\CCCCC. The van der Waals surface area contributed by atoms with Gasteiger partial charge in [-0.3, -0.25) is 0 Å². The largest absolute Gasteiger partial charge is 0.522 e. The lowest BCUT2D eigenvalue weighted by Gasteiger charge is -2.49. The Kier molecular flexibility index (Phi) is 29.5. The highest BCUT2D eigenvalue weighted by molar-refractivity contribution is 6.60. The highest BCUT2D eigenvalue weighted by Gasteiger charge is 2.31. The first-order valence-electron chi connectivity index (χ1n) is 20.6. The van der Waals surface area contributed by atoms with Crippen LogP contribution in [0.4, 0.5) is 0 Å². The quantitative estimate of drug-likeness (QED) is 0.0386. The molecular weight excluding hydrogens is 595 g/mol. The van der Waals surface area contributed by atoms with Crippen LogP contribution < -0.4 is 0 Å². The van der Waals surface area contributed by atoms with E-state index in [0.29, 0.717) is 0 Å². The molecular formula is C42H81NO3Si-. The van der Waals surface area contributed by atoms with Crippen LogP contribution in [-0.4, -0.2) is 51.7 Å². The molecule has 1 fully saturated rings. The molecule has 47 heavy (non-hydrogen) atoms. The molecule has 4 nitrogen and oxygen atoms in total. The van der Waals surface area contributed by atoms with Crippen LogP contribution in [0.1, 0.15) is 189 Å². The maximum Gasteiger partial charge on any atom is 0.281 e. The third-order valence-electron chi connectivity index (χ3n) is 9.44. The van der Waals surface area contributed by atoms with Crippen LogP contribution in [0.25, 0.3) is 0 Å².